The molecule has 122 valence electrons. The number of aromatic amines is 1. The first-order valence-electron chi connectivity index (χ1n) is 8.19. The van der Waals surface area contributed by atoms with Crippen LogP contribution in [-0.2, 0) is 17.6 Å². The maximum atomic E-state index is 12.7. The number of carbonyl (C=O) groups is 1. The number of amides is 1. The fraction of sp³-hybridized carbons (Fsp3) is 0.444. The average molecular weight is 312 g/mol. The number of likely N-dealkylation sites (N-methyl/N-ethyl adjacent to an activating group) is 1. The third-order valence-corrected chi connectivity index (χ3v) is 4.40. The summed E-state index contributed by atoms with van der Waals surface area (Å²) in [6, 6.07) is 6.39. The van der Waals surface area contributed by atoms with E-state index in [1.807, 2.05) is 24.3 Å². The van der Waals surface area contributed by atoms with Gasteiger partial charge in [0.05, 0.1) is 12.7 Å². The molecule has 0 radical (unpaired) electrons. The standard InChI is InChI=1S/C18H24N4O/c1-14-5-6-17-16(10-14)4-3-8-22(17)18(23)13-21(2)9-7-15-11-19-20-12-15/h5-6,10-12H,3-4,7-9,13H2,1-2H3,(H,19,20). The number of aromatic nitrogens is 2. The van der Waals surface area contributed by atoms with Crippen molar-refractivity contribution in [3.63, 3.8) is 0 Å². The van der Waals surface area contributed by atoms with E-state index in [2.05, 4.69) is 40.2 Å². The molecule has 1 aliphatic heterocycles. The molecule has 0 atom stereocenters. The summed E-state index contributed by atoms with van der Waals surface area (Å²) >= 11 is 0. The van der Waals surface area contributed by atoms with Crippen LogP contribution in [0.5, 0.6) is 0 Å². The van der Waals surface area contributed by atoms with Crippen molar-refractivity contribution in [3.05, 3.63) is 47.3 Å². The molecule has 23 heavy (non-hydrogen) atoms. The van der Waals surface area contributed by atoms with Crippen molar-refractivity contribution < 1.29 is 4.79 Å². The topological polar surface area (TPSA) is 52.2 Å². The van der Waals surface area contributed by atoms with Gasteiger partial charge in [-0.05, 0) is 50.4 Å². The fourth-order valence-electron chi connectivity index (χ4n) is 3.11. The Labute approximate surface area is 137 Å². The van der Waals surface area contributed by atoms with E-state index in [1.54, 1.807) is 0 Å². The van der Waals surface area contributed by atoms with Gasteiger partial charge in [-0.25, -0.2) is 0 Å². The zero-order valence-electron chi connectivity index (χ0n) is 13.9. The largest absolute Gasteiger partial charge is 0.311 e. The van der Waals surface area contributed by atoms with Crippen LogP contribution in [0.25, 0.3) is 0 Å². The molecule has 5 nitrogen and oxygen atoms in total. The minimum absolute atomic E-state index is 0.185. The number of nitrogens with one attached hydrogen (secondary N) is 1. The van der Waals surface area contributed by atoms with Crippen LogP contribution in [-0.4, -0.2) is 47.7 Å². The molecular weight excluding hydrogens is 288 g/mol. The Morgan fingerprint density at radius 1 is 1.43 bits per heavy atom. The molecule has 0 saturated carbocycles. The molecule has 0 spiro atoms. The van der Waals surface area contributed by atoms with Gasteiger partial charge in [0.15, 0.2) is 0 Å². The number of carbonyl (C=O) groups excluding carboxylic acids is 1. The molecule has 0 fully saturated rings. The highest BCUT2D eigenvalue weighted by atomic mass is 16.2. The van der Waals surface area contributed by atoms with Crippen molar-refractivity contribution in [2.45, 2.75) is 26.2 Å². The minimum atomic E-state index is 0.185. The van der Waals surface area contributed by atoms with E-state index >= 15 is 0 Å². The third-order valence-electron chi connectivity index (χ3n) is 4.40. The van der Waals surface area contributed by atoms with E-state index < -0.39 is 0 Å². The maximum absolute atomic E-state index is 12.7. The smallest absolute Gasteiger partial charge is 0.241 e. The lowest BCUT2D eigenvalue weighted by Gasteiger charge is -2.31. The van der Waals surface area contributed by atoms with Crippen LogP contribution in [0.1, 0.15) is 23.1 Å². The number of aryl methyl sites for hydroxylation is 2. The van der Waals surface area contributed by atoms with Crippen LogP contribution < -0.4 is 4.90 Å². The number of H-pyrrole nitrogens is 1. The van der Waals surface area contributed by atoms with Gasteiger partial charge in [-0.15, -0.1) is 0 Å². The number of benzene rings is 1. The molecular formula is C18H24N4O. The van der Waals surface area contributed by atoms with Crippen molar-refractivity contribution in [2.75, 3.05) is 31.6 Å². The molecule has 1 N–H and O–H groups in total. The van der Waals surface area contributed by atoms with Crippen LogP contribution in [0.15, 0.2) is 30.6 Å². The summed E-state index contributed by atoms with van der Waals surface area (Å²) in [4.78, 5) is 16.7. The number of rotatable bonds is 5. The maximum Gasteiger partial charge on any atom is 0.241 e. The highest BCUT2D eigenvalue weighted by Gasteiger charge is 2.23. The van der Waals surface area contributed by atoms with Crippen LogP contribution in [0, 0.1) is 6.92 Å². The molecule has 0 unspecified atom stereocenters. The average Bonchev–Trinajstić information content (AvgIpc) is 3.05. The van der Waals surface area contributed by atoms with E-state index in [4.69, 9.17) is 0 Å². The van der Waals surface area contributed by atoms with E-state index in [9.17, 15) is 4.79 Å². The van der Waals surface area contributed by atoms with Crippen LogP contribution in [0.3, 0.4) is 0 Å². The minimum Gasteiger partial charge on any atom is -0.311 e. The van der Waals surface area contributed by atoms with Gasteiger partial charge >= 0.3 is 0 Å². The van der Waals surface area contributed by atoms with Crippen LogP contribution in [0.2, 0.25) is 0 Å². The first-order chi connectivity index (χ1) is 11.1. The Bertz CT molecular complexity index is 666. The summed E-state index contributed by atoms with van der Waals surface area (Å²) in [5.74, 6) is 0.185. The third kappa shape index (κ3) is 3.79. The van der Waals surface area contributed by atoms with Crippen molar-refractivity contribution in [1.82, 2.24) is 15.1 Å². The van der Waals surface area contributed by atoms with Gasteiger partial charge in [0, 0.05) is 25.0 Å². The predicted molar refractivity (Wildman–Crippen MR) is 91.6 cm³/mol. The zero-order valence-corrected chi connectivity index (χ0v) is 13.9. The Morgan fingerprint density at radius 3 is 3.09 bits per heavy atom. The Hall–Kier alpha value is -2.14. The van der Waals surface area contributed by atoms with Gasteiger partial charge in [-0.1, -0.05) is 17.7 Å². The molecule has 2 heterocycles. The first kappa shape index (κ1) is 15.7. The molecule has 0 saturated heterocycles. The van der Waals surface area contributed by atoms with E-state index in [-0.39, 0.29) is 5.91 Å². The van der Waals surface area contributed by atoms with Crippen LogP contribution in [0.4, 0.5) is 5.69 Å². The van der Waals surface area contributed by atoms with Gasteiger partial charge < -0.3 is 4.90 Å². The summed E-state index contributed by atoms with van der Waals surface area (Å²) in [6.45, 7) is 4.22. The highest BCUT2D eigenvalue weighted by Crippen LogP contribution is 2.28. The summed E-state index contributed by atoms with van der Waals surface area (Å²) in [6.07, 6.45) is 6.74. The van der Waals surface area contributed by atoms with Crippen LogP contribution >= 0.6 is 0 Å². The molecule has 5 heteroatoms. The number of nitrogens with zero attached hydrogens (tertiary/aromatic N) is 3. The lowest BCUT2D eigenvalue weighted by atomic mass is 9.99. The molecule has 3 rings (SSSR count). The molecule has 0 aliphatic carbocycles. The van der Waals surface area contributed by atoms with E-state index in [0.717, 1.165) is 38.0 Å². The number of anilines is 1. The van der Waals surface area contributed by atoms with Gasteiger partial charge in [-0.3, -0.25) is 14.8 Å². The lowest BCUT2D eigenvalue weighted by Crippen LogP contribution is -2.42. The van der Waals surface area contributed by atoms with Crippen molar-refractivity contribution in [3.8, 4) is 0 Å². The lowest BCUT2D eigenvalue weighted by molar-refractivity contribution is -0.119. The molecule has 1 aromatic heterocycles. The first-order valence-corrected chi connectivity index (χ1v) is 8.19. The monoisotopic (exact) mass is 312 g/mol. The summed E-state index contributed by atoms with van der Waals surface area (Å²) in [5.41, 5.74) is 4.82. The van der Waals surface area contributed by atoms with Crippen molar-refractivity contribution in [2.24, 2.45) is 0 Å². The molecule has 1 amide bonds. The van der Waals surface area contributed by atoms with Gasteiger partial charge in [0.25, 0.3) is 0 Å². The number of hydrogen-bond acceptors (Lipinski definition) is 3. The fourth-order valence-corrected chi connectivity index (χ4v) is 3.11. The number of fused-ring (bicyclic) bond motifs is 1. The Morgan fingerprint density at radius 2 is 2.30 bits per heavy atom. The van der Waals surface area contributed by atoms with Gasteiger partial charge in [0.2, 0.25) is 5.91 Å². The summed E-state index contributed by atoms with van der Waals surface area (Å²) in [7, 11) is 2.00. The quantitative estimate of drug-likeness (QED) is 0.920. The molecule has 0 bridgehead atoms. The Kier molecular flexibility index (Phi) is 4.76. The van der Waals surface area contributed by atoms with Crippen molar-refractivity contribution >= 4 is 11.6 Å². The second-order valence-corrected chi connectivity index (χ2v) is 6.38. The van der Waals surface area contributed by atoms with Crippen molar-refractivity contribution in [1.29, 1.82) is 0 Å². The SMILES string of the molecule is Cc1ccc2c(c1)CCCN2C(=O)CN(C)CCc1cn[nH]c1. The molecule has 1 aliphatic rings. The van der Waals surface area contributed by atoms with Gasteiger partial charge in [-0.2, -0.15) is 5.10 Å². The number of hydrogen-bond donors (Lipinski definition) is 1. The van der Waals surface area contributed by atoms with Gasteiger partial charge in [0.1, 0.15) is 0 Å². The van der Waals surface area contributed by atoms with E-state index in [0.29, 0.717) is 6.54 Å². The molecule has 2 aromatic rings. The highest BCUT2D eigenvalue weighted by molar-refractivity contribution is 5.96. The summed E-state index contributed by atoms with van der Waals surface area (Å²) in [5, 5.41) is 6.77. The summed E-state index contributed by atoms with van der Waals surface area (Å²) < 4.78 is 0. The normalized spacial score (nSPS) is 14.1. The second-order valence-electron chi connectivity index (χ2n) is 6.38. The molecule has 1 aromatic carbocycles. The Balaban J connectivity index is 1.60. The second kappa shape index (κ2) is 6.96. The van der Waals surface area contributed by atoms with E-state index in [1.165, 1.54) is 16.7 Å². The predicted octanol–water partition coefficient (Wildman–Crippen LogP) is 2.17. The zero-order chi connectivity index (χ0) is 16.2.